The summed E-state index contributed by atoms with van der Waals surface area (Å²) in [7, 11) is 0. The predicted molar refractivity (Wildman–Crippen MR) is 68.1 cm³/mol. The number of nitrogens with one attached hydrogen (secondary N) is 1. The van der Waals surface area contributed by atoms with Gasteiger partial charge in [0.15, 0.2) is 0 Å². The third kappa shape index (κ3) is 2.73. The Morgan fingerprint density at radius 1 is 1.37 bits per heavy atom. The first kappa shape index (κ1) is 13.1. The first-order valence-corrected chi connectivity index (χ1v) is 5.90. The molecule has 0 radical (unpaired) electrons. The molecule has 0 saturated heterocycles. The van der Waals surface area contributed by atoms with Crippen molar-refractivity contribution in [3.8, 4) is 0 Å². The topological polar surface area (TPSA) is 86.7 Å². The molecule has 19 heavy (non-hydrogen) atoms. The molecular weight excluding hydrogens is 248 g/mol. The molecule has 2 amide bonds. The normalized spacial score (nSPS) is 13.0. The number of carboxylic acids is 1. The van der Waals surface area contributed by atoms with Gasteiger partial charge >= 0.3 is 5.97 Å². The van der Waals surface area contributed by atoms with E-state index in [1.54, 1.807) is 6.07 Å². The van der Waals surface area contributed by atoms with Gasteiger partial charge in [-0.15, -0.1) is 0 Å². The number of amides is 2. The van der Waals surface area contributed by atoms with Crippen LogP contribution in [0.5, 0.6) is 0 Å². The Morgan fingerprint density at radius 2 is 2.11 bits per heavy atom. The van der Waals surface area contributed by atoms with Crippen LogP contribution in [0, 0.1) is 0 Å². The molecule has 0 aromatic heterocycles. The zero-order valence-electron chi connectivity index (χ0n) is 10.5. The molecule has 0 atom stereocenters. The van der Waals surface area contributed by atoms with Crippen LogP contribution in [0.25, 0.3) is 0 Å². The lowest BCUT2D eigenvalue weighted by molar-refractivity contribution is -0.123. The number of hydrogen-bond donors (Lipinski definition) is 2. The van der Waals surface area contributed by atoms with Crippen molar-refractivity contribution in [2.24, 2.45) is 0 Å². The molecule has 1 aliphatic heterocycles. The number of rotatable bonds is 3. The van der Waals surface area contributed by atoms with Gasteiger partial charge in [0.1, 0.15) is 0 Å². The van der Waals surface area contributed by atoms with E-state index in [0.29, 0.717) is 18.7 Å². The zero-order chi connectivity index (χ0) is 14.0. The van der Waals surface area contributed by atoms with Crippen molar-refractivity contribution in [3.63, 3.8) is 0 Å². The fourth-order valence-electron chi connectivity index (χ4n) is 2.07. The highest BCUT2D eigenvalue weighted by Crippen LogP contribution is 2.29. The van der Waals surface area contributed by atoms with Gasteiger partial charge in [0.2, 0.25) is 11.8 Å². The number of aromatic carboxylic acids is 1. The highest BCUT2D eigenvalue weighted by Gasteiger charge is 2.25. The van der Waals surface area contributed by atoms with Gasteiger partial charge in [0.05, 0.1) is 12.1 Å². The standard InChI is InChI=1S/C13H14N2O4/c1-8(16)14-7-12(17)15-5-4-9-2-3-10(13(18)19)6-11(9)15/h2-3,6H,4-5,7H2,1H3,(H,14,16)(H,18,19). The molecule has 0 saturated carbocycles. The van der Waals surface area contributed by atoms with Crippen molar-refractivity contribution in [3.05, 3.63) is 29.3 Å². The molecule has 6 nitrogen and oxygen atoms in total. The van der Waals surface area contributed by atoms with Gasteiger partial charge in [-0.3, -0.25) is 9.59 Å². The molecule has 1 aliphatic rings. The van der Waals surface area contributed by atoms with Gasteiger partial charge < -0.3 is 15.3 Å². The van der Waals surface area contributed by atoms with Crippen molar-refractivity contribution >= 4 is 23.5 Å². The number of fused-ring (bicyclic) bond motifs is 1. The second-order valence-electron chi connectivity index (χ2n) is 4.35. The van der Waals surface area contributed by atoms with Crippen LogP contribution in [0.2, 0.25) is 0 Å². The SMILES string of the molecule is CC(=O)NCC(=O)N1CCc2ccc(C(=O)O)cc21. The number of carbonyl (C=O) groups is 3. The Bertz CT molecular complexity index is 554. The minimum absolute atomic E-state index is 0.0773. The van der Waals surface area contributed by atoms with Crippen LogP contribution in [0.15, 0.2) is 18.2 Å². The summed E-state index contributed by atoms with van der Waals surface area (Å²) in [6, 6.07) is 4.75. The maximum atomic E-state index is 12.0. The Hall–Kier alpha value is -2.37. The number of anilines is 1. The van der Waals surface area contributed by atoms with Gasteiger partial charge in [-0.25, -0.2) is 4.79 Å². The summed E-state index contributed by atoms with van der Waals surface area (Å²) in [6.45, 7) is 1.77. The second-order valence-corrected chi connectivity index (χ2v) is 4.35. The van der Waals surface area contributed by atoms with E-state index in [4.69, 9.17) is 5.11 Å². The smallest absolute Gasteiger partial charge is 0.335 e. The van der Waals surface area contributed by atoms with Crippen LogP contribution < -0.4 is 10.2 Å². The fourth-order valence-corrected chi connectivity index (χ4v) is 2.07. The number of carboxylic acid groups (broad SMARTS) is 1. The Kier molecular flexibility index (Phi) is 3.50. The van der Waals surface area contributed by atoms with Crippen LogP contribution in [-0.2, 0) is 16.0 Å². The first-order valence-electron chi connectivity index (χ1n) is 5.90. The van der Waals surface area contributed by atoms with E-state index in [2.05, 4.69) is 5.32 Å². The van der Waals surface area contributed by atoms with Gasteiger partial charge in [-0.05, 0) is 24.1 Å². The fraction of sp³-hybridized carbons (Fsp3) is 0.308. The van der Waals surface area contributed by atoms with Gasteiger partial charge in [-0.1, -0.05) is 6.07 Å². The van der Waals surface area contributed by atoms with Crippen molar-refractivity contribution in [1.29, 1.82) is 0 Å². The monoisotopic (exact) mass is 262 g/mol. The lowest BCUT2D eigenvalue weighted by Crippen LogP contribution is -2.38. The summed E-state index contributed by atoms with van der Waals surface area (Å²) in [4.78, 5) is 35.2. The number of carbonyl (C=O) groups excluding carboxylic acids is 2. The summed E-state index contributed by atoms with van der Waals surface area (Å²) >= 11 is 0. The predicted octanol–water partition coefficient (Wildman–Crippen LogP) is 0.410. The maximum absolute atomic E-state index is 12.0. The lowest BCUT2D eigenvalue weighted by atomic mass is 10.1. The molecule has 1 aromatic carbocycles. The molecule has 6 heteroatoms. The van der Waals surface area contributed by atoms with Crippen LogP contribution >= 0.6 is 0 Å². The first-order chi connectivity index (χ1) is 8.99. The molecule has 1 aromatic rings. The van der Waals surface area contributed by atoms with Crippen LogP contribution in [-0.4, -0.2) is 36.0 Å². The van der Waals surface area contributed by atoms with Gasteiger partial charge in [0, 0.05) is 19.2 Å². The summed E-state index contributed by atoms with van der Waals surface area (Å²) in [6.07, 6.45) is 0.695. The van der Waals surface area contributed by atoms with E-state index >= 15 is 0 Å². The van der Waals surface area contributed by atoms with Crippen LogP contribution in [0.4, 0.5) is 5.69 Å². The van der Waals surface area contributed by atoms with Crippen molar-refractivity contribution in [2.45, 2.75) is 13.3 Å². The second kappa shape index (κ2) is 5.09. The third-order valence-electron chi connectivity index (χ3n) is 3.02. The van der Waals surface area contributed by atoms with E-state index in [0.717, 1.165) is 5.56 Å². The van der Waals surface area contributed by atoms with Crippen molar-refractivity contribution < 1.29 is 19.5 Å². The Morgan fingerprint density at radius 3 is 2.74 bits per heavy atom. The molecule has 2 rings (SSSR count). The van der Waals surface area contributed by atoms with E-state index in [1.165, 1.54) is 24.0 Å². The van der Waals surface area contributed by atoms with E-state index in [-0.39, 0.29) is 23.9 Å². The molecule has 100 valence electrons. The lowest BCUT2D eigenvalue weighted by Gasteiger charge is -2.17. The number of hydrogen-bond acceptors (Lipinski definition) is 3. The molecule has 0 spiro atoms. The third-order valence-corrected chi connectivity index (χ3v) is 3.02. The van der Waals surface area contributed by atoms with E-state index < -0.39 is 5.97 Å². The summed E-state index contributed by atoms with van der Waals surface area (Å²) in [5.41, 5.74) is 1.72. The molecule has 0 unspecified atom stereocenters. The average Bonchev–Trinajstić information content (AvgIpc) is 2.78. The van der Waals surface area contributed by atoms with Gasteiger partial charge in [-0.2, -0.15) is 0 Å². The van der Waals surface area contributed by atoms with E-state index in [1.807, 2.05) is 0 Å². The molecule has 0 bridgehead atoms. The molecule has 0 aliphatic carbocycles. The molecule has 0 fully saturated rings. The largest absolute Gasteiger partial charge is 0.478 e. The summed E-state index contributed by atoms with van der Waals surface area (Å²) in [5, 5.41) is 11.4. The highest BCUT2D eigenvalue weighted by atomic mass is 16.4. The Balaban J connectivity index is 2.20. The van der Waals surface area contributed by atoms with Crippen molar-refractivity contribution in [1.82, 2.24) is 5.32 Å². The average molecular weight is 262 g/mol. The summed E-state index contributed by atoms with van der Waals surface area (Å²) < 4.78 is 0. The van der Waals surface area contributed by atoms with Crippen LogP contribution in [0.1, 0.15) is 22.8 Å². The minimum atomic E-state index is -1.02. The number of nitrogens with zero attached hydrogens (tertiary/aromatic N) is 1. The van der Waals surface area contributed by atoms with Gasteiger partial charge in [0.25, 0.3) is 0 Å². The Labute approximate surface area is 110 Å². The molecule has 1 heterocycles. The van der Waals surface area contributed by atoms with Crippen LogP contribution in [0.3, 0.4) is 0 Å². The quantitative estimate of drug-likeness (QED) is 0.826. The summed E-state index contributed by atoms with van der Waals surface area (Å²) in [5.74, 6) is -1.53. The van der Waals surface area contributed by atoms with E-state index in [9.17, 15) is 14.4 Å². The number of benzene rings is 1. The zero-order valence-corrected chi connectivity index (χ0v) is 10.5. The van der Waals surface area contributed by atoms with Crippen molar-refractivity contribution in [2.75, 3.05) is 18.0 Å². The maximum Gasteiger partial charge on any atom is 0.335 e. The highest BCUT2D eigenvalue weighted by molar-refractivity contribution is 5.99. The molecule has 2 N–H and O–H groups in total. The molecular formula is C13H14N2O4. The minimum Gasteiger partial charge on any atom is -0.478 e.